The van der Waals surface area contributed by atoms with Crippen molar-refractivity contribution in [1.82, 2.24) is 5.32 Å². The van der Waals surface area contributed by atoms with E-state index in [1.165, 1.54) is 19.3 Å². The van der Waals surface area contributed by atoms with Crippen LogP contribution in [0.25, 0.3) is 0 Å². The molecule has 0 aliphatic heterocycles. The maximum Gasteiger partial charge on any atom is 0.237 e. The van der Waals surface area contributed by atoms with Crippen LogP contribution < -0.4 is 11.1 Å². The minimum Gasteiger partial charge on any atom is -0.368 e. The van der Waals surface area contributed by atoms with E-state index in [0.717, 1.165) is 19.4 Å². The third-order valence-electron chi connectivity index (χ3n) is 3.23. The summed E-state index contributed by atoms with van der Waals surface area (Å²) in [7, 11) is 0. The van der Waals surface area contributed by atoms with Crippen LogP contribution in [-0.4, -0.2) is 18.0 Å². The fourth-order valence-corrected chi connectivity index (χ4v) is 1.94. The van der Waals surface area contributed by atoms with Crippen LogP contribution in [0.3, 0.4) is 0 Å². The summed E-state index contributed by atoms with van der Waals surface area (Å²) in [5.74, 6) is 0.495. The zero-order chi connectivity index (χ0) is 10.6. The average molecular weight is 198 g/mol. The molecule has 14 heavy (non-hydrogen) atoms. The highest BCUT2D eigenvalue weighted by atomic mass is 16.1. The summed E-state index contributed by atoms with van der Waals surface area (Å²) in [5.41, 5.74) is 4.95. The molecule has 3 N–H and O–H groups in total. The molecule has 3 nitrogen and oxygen atoms in total. The van der Waals surface area contributed by atoms with E-state index >= 15 is 0 Å². The highest BCUT2D eigenvalue weighted by molar-refractivity contribution is 5.84. The number of nitrogens with two attached hydrogens (primary N) is 1. The van der Waals surface area contributed by atoms with Crippen LogP contribution in [0, 0.1) is 5.92 Å². The highest BCUT2D eigenvalue weighted by Crippen LogP contribution is 2.33. The molecule has 1 unspecified atom stereocenters. The van der Waals surface area contributed by atoms with Crippen molar-refractivity contribution in [1.29, 1.82) is 0 Å². The van der Waals surface area contributed by atoms with Crippen LogP contribution in [0.1, 0.15) is 46.0 Å². The van der Waals surface area contributed by atoms with Crippen molar-refractivity contribution in [3.05, 3.63) is 0 Å². The topological polar surface area (TPSA) is 55.1 Å². The molecule has 1 saturated carbocycles. The first-order valence-corrected chi connectivity index (χ1v) is 5.63. The second-order valence-corrected chi connectivity index (χ2v) is 4.62. The number of hydrogen-bond donors (Lipinski definition) is 2. The number of amides is 1. The molecule has 0 spiro atoms. The highest BCUT2D eigenvalue weighted by Gasteiger charge is 2.34. The Bertz CT molecular complexity index is 201. The van der Waals surface area contributed by atoms with Crippen molar-refractivity contribution >= 4 is 5.91 Å². The maximum absolute atomic E-state index is 11.4. The van der Waals surface area contributed by atoms with Gasteiger partial charge in [-0.1, -0.05) is 26.2 Å². The Morgan fingerprint density at radius 3 is 2.57 bits per heavy atom. The van der Waals surface area contributed by atoms with Gasteiger partial charge in [-0.3, -0.25) is 4.79 Å². The molecule has 1 fully saturated rings. The number of nitrogens with one attached hydrogen (secondary N) is 1. The van der Waals surface area contributed by atoms with Crippen LogP contribution >= 0.6 is 0 Å². The molecule has 1 rings (SSSR count). The lowest BCUT2D eigenvalue weighted by atomic mass is 9.76. The normalized spacial score (nSPS) is 21.3. The molecule has 1 aliphatic carbocycles. The van der Waals surface area contributed by atoms with Gasteiger partial charge in [0.1, 0.15) is 0 Å². The molecular weight excluding hydrogens is 176 g/mol. The van der Waals surface area contributed by atoms with Crippen molar-refractivity contribution in [3.8, 4) is 0 Å². The first-order chi connectivity index (χ1) is 6.58. The molecule has 0 radical (unpaired) electrons. The van der Waals surface area contributed by atoms with Gasteiger partial charge < -0.3 is 11.1 Å². The molecule has 0 bridgehead atoms. The summed E-state index contributed by atoms with van der Waals surface area (Å²) in [4.78, 5) is 11.4. The first-order valence-electron chi connectivity index (χ1n) is 5.63. The number of carbonyl (C=O) groups excluding carboxylic acids is 1. The third kappa shape index (κ3) is 2.71. The Kier molecular flexibility index (Phi) is 3.93. The van der Waals surface area contributed by atoms with E-state index in [4.69, 9.17) is 5.73 Å². The molecule has 1 amide bonds. The molecule has 0 heterocycles. The average Bonchev–Trinajstić information content (AvgIpc) is 2.08. The van der Waals surface area contributed by atoms with Gasteiger partial charge in [-0.05, 0) is 32.2 Å². The van der Waals surface area contributed by atoms with Crippen molar-refractivity contribution in [2.75, 3.05) is 6.54 Å². The van der Waals surface area contributed by atoms with Gasteiger partial charge in [0.2, 0.25) is 5.91 Å². The van der Waals surface area contributed by atoms with Gasteiger partial charge in [-0.25, -0.2) is 0 Å². The molecule has 0 aromatic heterocycles. The van der Waals surface area contributed by atoms with Gasteiger partial charge in [-0.15, -0.1) is 0 Å². The molecule has 1 aliphatic rings. The van der Waals surface area contributed by atoms with E-state index in [0.29, 0.717) is 5.92 Å². The van der Waals surface area contributed by atoms with Crippen LogP contribution in [0.2, 0.25) is 0 Å². The number of carbonyl (C=O) groups is 1. The van der Waals surface area contributed by atoms with E-state index in [2.05, 4.69) is 12.2 Å². The molecule has 0 aromatic rings. The smallest absolute Gasteiger partial charge is 0.237 e. The molecule has 3 heteroatoms. The van der Waals surface area contributed by atoms with E-state index < -0.39 is 5.54 Å². The Hall–Kier alpha value is -0.570. The first kappa shape index (κ1) is 11.5. The summed E-state index contributed by atoms with van der Waals surface area (Å²) in [6.45, 7) is 4.90. The minimum atomic E-state index is -0.485. The largest absolute Gasteiger partial charge is 0.368 e. The molecule has 1 atom stereocenters. The van der Waals surface area contributed by atoms with E-state index in [9.17, 15) is 4.79 Å². The SMILES string of the molecule is CCCNC(C)(CC1CCC1)C(N)=O. The van der Waals surface area contributed by atoms with Crippen LogP contribution in [0.5, 0.6) is 0 Å². The molecule has 82 valence electrons. The van der Waals surface area contributed by atoms with Crippen molar-refractivity contribution in [2.24, 2.45) is 11.7 Å². The Balaban J connectivity index is 2.46. The summed E-state index contributed by atoms with van der Waals surface area (Å²) < 4.78 is 0. The van der Waals surface area contributed by atoms with Crippen molar-refractivity contribution < 1.29 is 4.79 Å². The zero-order valence-corrected chi connectivity index (χ0v) is 9.31. The van der Waals surface area contributed by atoms with Gasteiger partial charge >= 0.3 is 0 Å². The maximum atomic E-state index is 11.4. The van der Waals surface area contributed by atoms with Gasteiger partial charge in [0.25, 0.3) is 0 Å². The van der Waals surface area contributed by atoms with Crippen LogP contribution in [-0.2, 0) is 4.79 Å². The fourth-order valence-electron chi connectivity index (χ4n) is 1.94. The van der Waals surface area contributed by atoms with Gasteiger partial charge in [0, 0.05) is 0 Å². The number of rotatable bonds is 6. The third-order valence-corrected chi connectivity index (χ3v) is 3.23. The van der Waals surface area contributed by atoms with Crippen LogP contribution in [0.15, 0.2) is 0 Å². The van der Waals surface area contributed by atoms with Gasteiger partial charge in [-0.2, -0.15) is 0 Å². The fraction of sp³-hybridized carbons (Fsp3) is 0.909. The summed E-state index contributed by atoms with van der Waals surface area (Å²) in [6, 6.07) is 0. The summed E-state index contributed by atoms with van der Waals surface area (Å²) >= 11 is 0. The molecule has 0 saturated heterocycles. The molecular formula is C11H22N2O. The predicted octanol–water partition coefficient (Wildman–Crippen LogP) is 1.42. The number of primary amides is 1. The Labute approximate surface area is 86.4 Å². The quantitative estimate of drug-likeness (QED) is 0.678. The van der Waals surface area contributed by atoms with Gasteiger partial charge in [0.15, 0.2) is 0 Å². The second kappa shape index (κ2) is 4.78. The second-order valence-electron chi connectivity index (χ2n) is 4.62. The van der Waals surface area contributed by atoms with Crippen LogP contribution in [0.4, 0.5) is 0 Å². The minimum absolute atomic E-state index is 0.210. The van der Waals surface area contributed by atoms with E-state index in [-0.39, 0.29) is 5.91 Å². The van der Waals surface area contributed by atoms with E-state index in [1.54, 1.807) is 0 Å². The number of hydrogen-bond acceptors (Lipinski definition) is 2. The Morgan fingerprint density at radius 2 is 2.21 bits per heavy atom. The Morgan fingerprint density at radius 1 is 1.57 bits per heavy atom. The summed E-state index contributed by atoms with van der Waals surface area (Å²) in [5, 5.41) is 3.27. The lowest BCUT2D eigenvalue weighted by Gasteiger charge is -2.35. The molecule has 0 aromatic carbocycles. The standard InChI is InChI=1S/C11H22N2O/c1-3-7-13-11(2,10(12)14)8-9-5-4-6-9/h9,13H,3-8H2,1-2H3,(H2,12,14). The zero-order valence-electron chi connectivity index (χ0n) is 9.31. The van der Waals surface area contributed by atoms with Crippen molar-refractivity contribution in [2.45, 2.75) is 51.5 Å². The monoisotopic (exact) mass is 198 g/mol. The van der Waals surface area contributed by atoms with Crippen molar-refractivity contribution in [3.63, 3.8) is 0 Å². The lowest BCUT2D eigenvalue weighted by molar-refractivity contribution is -0.124. The predicted molar refractivity (Wildman–Crippen MR) is 57.9 cm³/mol. The van der Waals surface area contributed by atoms with E-state index in [1.807, 2.05) is 6.92 Å². The lowest BCUT2D eigenvalue weighted by Crippen LogP contribution is -2.54. The van der Waals surface area contributed by atoms with Gasteiger partial charge in [0.05, 0.1) is 5.54 Å². The summed E-state index contributed by atoms with van der Waals surface area (Å²) in [6.07, 6.45) is 5.77.